The van der Waals surface area contributed by atoms with Crippen LogP contribution in [0.2, 0.25) is 0 Å². The Hall–Kier alpha value is -5.46. The molecular weight excluding hydrogens is 704 g/mol. The molecule has 0 atom stereocenters. The molecule has 252 valence electrons. The fraction of sp³-hybridized carbons (Fsp3) is 0.115. The van der Waals surface area contributed by atoms with Gasteiger partial charge in [0.05, 0.1) is 0 Å². The van der Waals surface area contributed by atoms with Crippen LogP contribution in [0.3, 0.4) is 0 Å². The van der Waals surface area contributed by atoms with Gasteiger partial charge in [0, 0.05) is 0 Å². The standard InChI is InChI=1S/C52H38Se/c1-3-16-33(17-4-1)48-36-20-7-9-22-38(36)50(39-23-10-8-21-37(39)48)35-30-31-44-47(32-35)53-46-29-15-28-45(52(44)46)51-42-26-13-11-24-40(42)49(34-18-5-2-6-19-34)41-25-12-14-27-43(41)51/h2,5-15,18-33H,1,3-4,16-17H2. The van der Waals surface area contributed by atoms with Crippen molar-refractivity contribution in [3.63, 3.8) is 0 Å². The Kier molecular flexibility index (Phi) is 7.39. The molecule has 0 radical (unpaired) electrons. The van der Waals surface area contributed by atoms with Gasteiger partial charge in [0.1, 0.15) is 0 Å². The van der Waals surface area contributed by atoms with E-state index in [0.717, 1.165) is 0 Å². The predicted molar refractivity (Wildman–Crippen MR) is 231 cm³/mol. The van der Waals surface area contributed by atoms with E-state index in [9.17, 15) is 0 Å². The zero-order chi connectivity index (χ0) is 34.9. The van der Waals surface area contributed by atoms with E-state index in [1.165, 1.54) is 128 Å². The molecule has 1 aliphatic carbocycles. The normalized spacial score (nSPS) is 14.0. The van der Waals surface area contributed by atoms with Crippen LogP contribution in [0.15, 0.2) is 164 Å². The van der Waals surface area contributed by atoms with Crippen molar-refractivity contribution in [2.75, 3.05) is 0 Å². The Morgan fingerprint density at radius 1 is 0.358 bits per heavy atom. The minimum atomic E-state index is 0.208. The van der Waals surface area contributed by atoms with E-state index in [0.29, 0.717) is 5.92 Å². The van der Waals surface area contributed by atoms with Crippen LogP contribution < -0.4 is 0 Å². The summed E-state index contributed by atoms with van der Waals surface area (Å²) in [6, 6.07) is 62.0. The van der Waals surface area contributed by atoms with E-state index in [1.54, 1.807) is 5.56 Å². The first-order chi connectivity index (χ1) is 26.3. The molecule has 0 nitrogen and oxygen atoms in total. The van der Waals surface area contributed by atoms with Crippen molar-refractivity contribution in [3.05, 3.63) is 169 Å². The molecule has 1 fully saturated rings. The third-order valence-corrected chi connectivity index (χ3v) is 14.4. The van der Waals surface area contributed by atoms with Crippen molar-refractivity contribution in [1.29, 1.82) is 0 Å². The predicted octanol–water partition coefficient (Wildman–Crippen LogP) is 14.7. The molecule has 0 saturated heterocycles. The second-order valence-corrected chi connectivity index (χ2v) is 17.2. The average molecular weight is 742 g/mol. The second-order valence-electron chi connectivity index (χ2n) is 14.9. The van der Waals surface area contributed by atoms with Gasteiger partial charge in [-0.2, -0.15) is 0 Å². The molecule has 0 unspecified atom stereocenters. The van der Waals surface area contributed by atoms with Crippen molar-refractivity contribution in [2.24, 2.45) is 0 Å². The van der Waals surface area contributed by atoms with E-state index in [4.69, 9.17) is 0 Å². The number of hydrogen-bond acceptors (Lipinski definition) is 0. The van der Waals surface area contributed by atoms with Crippen LogP contribution in [0.5, 0.6) is 0 Å². The Balaban J connectivity index is 1.16. The molecule has 10 aromatic rings. The first kappa shape index (κ1) is 31.1. The number of hydrogen-bond donors (Lipinski definition) is 0. The van der Waals surface area contributed by atoms with Crippen LogP contribution in [-0.2, 0) is 0 Å². The third-order valence-electron chi connectivity index (χ3n) is 12.0. The van der Waals surface area contributed by atoms with Crippen molar-refractivity contribution >= 4 is 76.9 Å². The summed E-state index contributed by atoms with van der Waals surface area (Å²) in [6.07, 6.45) is 6.65. The van der Waals surface area contributed by atoms with Gasteiger partial charge in [0.15, 0.2) is 0 Å². The van der Waals surface area contributed by atoms with Crippen molar-refractivity contribution < 1.29 is 0 Å². The summed E-state index contributed by atoms with van der Waals surface area (Å²) in [6.45, 7) is 0. The van der Waals surface area contributed by atoms with Gasteiger partial charge in [-0.15, -0.1) is 0 Å². The molecule has 1 heterocycles. The molecule has 0 spiro atoms. The zero-order valence-electron chi connectivity index (χ0n) is 29.6. The van der Waals surface area contributed by atoms with Crippen molar-refractivity contribution in [1.82, 2.24) is 0 Å². The third kappa shape index (κ3) is 4.88. The van der Waals surface area contributed by atoms with Gasteiger partial charge in [0.25, 0.3) is 0 Å². The number of benzene rings is 9. The summed E-state index contributed by atoms with van der Waals surface area (Å²) in [5.74, 6) is 0.637. The van der Waals surface area contributed by atoms with Gasteiger partial charge in [-0.05, 0) is 0 Å². The van der Waals surface area contributed by atoms with Gasteiger partial charge >= 0.3 is 318 Å². The first-order valence-corrected chi connectivity index (χ1v) is 20.9. The van der Waals surface area contributed by atoms with Gasteiger partial charge in [-0.1, -0.05) is 0 Å². The fourth-order valence-electron chi connectivity index (χ4n) is 9.83. The molecule has 11 rings (SSSR count). The Morgan fingerprint density at radius 2 is 0.868 bits per heavy atom. The van der Waals surface area contributed by atoms with Crippen LogP contribution in [-0.4, -0.2) is 14.5 Å². The molecule has 1 aromatic heterocycles. The monoisotopic (exact) mass is 742 g/mol. The van der Waals surface area contributed by atoms with Crippen LogP contribution in [0.25, 0.3) is 95.8 Å². The Bertz CT molecular complexity index is 2920. The van der Waals surface area contributed by atoms with E-state index in [2.05, 4.69) is 164 Å². The number of rotatable bonds is 4. The fourth-order valence-corrected chi connectivity index (χ4v) is 12.3. The van der Waals surface area contributed by atoms with Crippen LogP contribution in [0, 0.1) is 0 Å². The van der Waals surface area contributed by atoms with Gasteiger partial charge in [0.2, 0.25) is 0 Å². The van der Waals surface area contributed by atoms with Crippen molar-refractivity contribution in [3.8, 4) is 33.4 Å². The first-order valence-electron chi connectivity index (χ1n) is 19.2. The number of fused-ring (bicyclic) bond motifs is 7. The van der Waals surface area contributed by atoms with E-state index in [1.807, 2.05) is 0 Å². The van der Waals surface area contributed by atoms with Crippen LogP contribution >= 0.6 is 0 Å². The maximum atomic E-state index is 2.54. The molecular formula is C52H38Se. The molecule has 0 N–H and O–H groups in total. The molecule has 0 amide bonds. The molecule has 9 aromatic carbocycles. The molecule has 1 heteroatoms. The Morgan fingerprint density at radius 3 is 1.47 bits per heavy atom. The Labute approximate surface area is 316 Å². The van der Waals surface area contributed by atoms with Crippen LogP contribution in [0.4, 0.5) is 0 Å². The molecule has 1 saturated carbocycles. The van der Waals surface area contributed by atoms with E-state index in [-0.39, 0.29) is 14.5 Å². The zero-order valence-corrected chi connectivity index (χ0v) is 31.3. The summed E-state index contributed by atoms with van der Waals surface area (Å²) >= 11 is 0.208. The average Bonchev–Trinajstić information content (AvgIpc) is 3.61. The molecule has 53 heavy (non-hydrogen) atoms. The summed E-state index contributed by atoms with van der Waals surface area (Å²) in [5.41, 5.74) is 9.57. The van der Waals surface area contributed by atoms with E-state index >= 15 is 0 Å². The van der Waals surface area contributed by atoms with Crippen LogP contribution in [0.1, 0.15) is 43.6 Å². The summed E-state index contributed by atoms with van der Waals surface area (Å²) in [5, 5.41) is 13.7. The summed E-state index contributed by atoms with van der Waals surface area (Å²) in [7, 11) is 0. The summed E-state index contributed by atoms with van der Waals surface area (Å²) < 4.78 is 2.96. The molecule has 1 aliphatic rings. The SMILES string of the molecule is c1ccc(-c2c3ccccc3c(-c3cccc4[se]c5cc(-c6c7ccccc7c(C7CCCCC7)c7ccccc67)ccc5c34)c3ccccc23)cc1. The maximum absolute atomic E-state index is 2.54. The second kappa shape index (κ2) is 12.6. The van der Waals surface area contributed by atoms with E-state index < -0.39 is 0 Å². The quantitative estimate of drug-likeness (QED) is 0.124. The van der Waals surface area contributed by atoms with Gasteiger partial charge in [-0.25, -0.2) is 0 Å². The van der Waals surface area contributed by atoms with Crippen molar-refractivity contribution in [2.45, 2.75) is 38.0 Å². The molecule has 0 bridgehead atoms. The molecule has 0 aliphatic heterocycles. The topological polar surface area (TPSA) is 0 Å². The van der Waals surface area contributed by atoms with Gasteiger partial charge < -0.3 is 0 Å². The summed E-state index contributed by atoms with van der Waals surface area (Å²) in [4.78, 5) is 0. The minimum absolute atomic E-state index is 0.208. The van der Waals surface area contributed by atoms with Gasteiger partial charge in [-0.3, -0.25) is 0 Å².